The van der Waals surface area contributed by atoms with E-state index in [0.29, 0.717) is 19.4 Å². The number of nitrogens with zero attached hydrogens (tertiary/aromatic N) is 5. The first-order valence-electron chi connectivity index (χ1n) is 50.7. The summed E-state index contributed by atoms with van der Waals surface area (Å²) >= 11 is 0. The number of rotatable bonds is 40. The number of anilines is 3. The average Bonchev–Trinajstić information content (AvgIpc) is 1.64. The first-order valence-corrected chi connectivity index (χ1v) is 54.5. The van der Waals surface area contributed by atoms with E-state index in [-0.39, 0.29) is 89.6 Å². The Balaban J connectivity index is 0.000000476. The van der Waals surface area contributed by atoms with Gasteiger partial charge in [0.05, 0.1) is 52.9 Å². The largest absolute Gasteiger partial charge is 0.465 e. The van der Waals surface area contributed by atoms with Crippen LogP contribution in [0.4, 0.5) is 22.7 Å². The molecule has 0 atom stereocenters. The van der Waals surface area contributed by atoms with Gasteiger partial charge in [0.15, 0.2) is 12.3 Å². The van der Waals surface area contributed by atoms with Gasteiger partial charge >= 0.3 is 30.2 Å². The molecule has 0 saturated heterocycles. The third-order valence-corrected chi connectivity index (χ3v) is 28.1. The molecule has 12 rings (SSSR count). The van der Waals surface area contributed by atoms with E-state index >= 15 is 0 Å². The number of carbonyl (C=O) groups excluding carboxylic acids is 7. The highest BCUT2D eigenvalue weighted by molar-refractivity contribution is 7.89. The van der Waals surface area contributed by atoms with Gasteiger partial charge in [-0.25, -0.2) is 35.4 Å². The molecule has 145 heavy (non-hydrogen) atoms. The molecule has 0 amide bonds. The van der Waals surface area contributed by atoms with Gasteiger partial charge in [0, 0.05) is 149 Å². The van der Waals surface area contributed by atoms with Crippen LogP contribution in [-0.4, -0.2) is 162 Å². The molecule has 0 aromatic heterocycles. The molecule has 3 N–H and O–H groups in total. The van der Waals surface area contributed by atoms with Crippen molar-refractivity contribution in [3.63, 3.8) is 0 Å². The van der Waals surface area contributed by atoms with Crippen LogP contribution in [0.25, 0.3) is 66.8 Å². The monoisotopic (exact) mass is 2030 g/mol. The molecule has 6 aromatic rings. The predicted octanol–water partition coefficient (Wildman–Crippen LogP) is 23.7. The number of ether oxygens (including phenoxy) is 3. The zero-order valence-electron chi connectivity index (χ0n) is 92.4. The normalized spacial score (nSPS) is 12.9. The first kappa shape index (κ1) is 127. The van der Waals surface area contributed by atoms with Crippen molar-refractivity contribution >= 4 is 101 Å². The van der Waals surface area contributed by atoms with Crippen molar-refractivity contribution in [1.82, 2.24) is 18.6 Å². The van der Waals surface area contributed by atoms with Crippen LogP contribution in [0, 0.1) is 38.5 Å². The van der Waals surface area contributed by atoms with Crippen molar-refractivity contribution in [3.8, 4) is 44.9 Å². The van der Waals surface area contributed by atoms with Crippen molar-refractivity contribution in [2.45, 2.75) is 247 Å². The number of hydrogen-bond acceptors (Lipinski definition) is 19. The van der Waals surface area contributed by atoms with Crippen LogP contribution >= 0.6 is 0 Å². The van der Waals surface area contributed by atoms with Gasteiger partial charge < -0.3 is 60.4 Å². The van der Waals surface area contributed by atoms with Gasteiger partial charge in [-0.1, -0.05) is 166 Å². The minimum absolute atomic E-state index is 0. The van der Waals surface area contributed by atoms with Crippen LogP contribution in [0.2, 0.25) is 0 Å². The molecule has 6 aromatic carbocycles. The average molecular weight is 2030 g/mol. The standard InChI is InChI=1S/C36H49N2O2.C31H39N2O.C29H34N2O.2C9H19NO4S.2CO2.3CH3/c1-9-11-24-37-29-20-14-12-18-27(29)35(5,6)31(37)22-16-23-32-36(7,8)28-19-13-15-21-30(28)38(32)25-17-26-40-33(39)34(3,4)10-2;1-6-11-14-23-15-12-13-16-26(23)31-27-19-17-24(32(7-2)8-3)21-29(27)34-30-22-25(18-20-28(30)31)33(9-4)10-5;1-5-9-12-21-13-10-11-14-24(21)29-25-17-15-22(30-6-2)19-27(25)32-28-20-23(16-18-26(28)29)31(7-3)8-4;2*1-5-9(2,3)8(11)14-7-6-10-15(4,12)13;2*2-1-3;;;/h12-16,18-23H,9-11,17,24-26H2,1-8H3;12-13,15-22H,6-11,14H2,1-5H3;10-11,13-20H,5-9,12H2,1-4H3;2*10H,5-7H2,1-4H3;;;3*1H3/q2*+1;;;;;;3*-1/p+1. The van der Waals surface area contributed by atoms with Crippen molar-refractivity contribution in [2.75, 3.05) is 119 Å². The number of carbonyl (C=O) groups is 3. The highest BCUT2D eigenvalue weighted by Crippen LogP contribution is 2.49. The van der Waals surface area contributed by atoms with Crippen molar-refractivity contribution in [1.29, 1.82) is 0 Å². The molecular weight excluding hydrogens is 1860 g/mol. The van der Waals surface area contributed by atoms with Gasteiger partial charge in [-0.2, -0.15) is 23.8 Å². The van der Waals surface area contributed by atoms with E-state index < -0.39 is 36.3 Å². The van der Waals surface area contributed by atoms with E-state index in [9.17, 15) is 31.2 Å². The number of hydrogen-bond donors (Lipinski definition) is 3. The summed E-state index contributed by atoms with van der Waals surface area (Å²) < 4.78 is 83.0. The maximum absolute atomic E-state index is 12.5. The van der Waals surface area contributed by atoms with Crippen molar-refractivity contribution in [2.24, 2.45) is 16.2 Å². The first-order chi connectivity index (χ1) is 67.5. The molecule has 0 radical (unpaired) electrons. The Kier molecular flexibility index (Phi) is 53.6. The number of unbranched alkanes of at least 4 members (excludes halogenated alkanes) is 3. The summed E-state index contributed by atoms with van der Waals surface area (Å²) in [4.78, 5) is 72.7. The fourth-order valence-electron chi connectivity index (χ4n) is 17.2. The number of nitrogens with one attached hydrogen (secondary N) is 3. The molecule has 4 heterocycles. The molecule has 0 fully saturated rings. The number of esters is 3. The van der Waals surface area contributed by atoms with Gasteiger partial charge in [-0.15, -0.1) is 0 Å². The predicted molar refractivity (Wildman–Crippen MR) is 597 cm³/mol. The van der Waals surface area contributed by atoms with Gasteiger partial charge in [0.1, 0.15) is 62.1 Å². The third kappa shape index (κ3) is 35.5. The van der Waals surface area contributed by atoms with E-state index in [1.54, 1.807) is 27.7 Å². The molecule has 0 bridgehead atoms. The molecule has 4 aliphatic heterocycles. The van der Waals surface area contributed by atoms with Crippen LogP contribution in [0.5, 0.6) is 0 Å². The minimum Gasteiger partial charge on any atom is -0.465 e. The lowest BCUT2D eigenvalue weighted by molar-refractivity contribution is -0.438. The Bertz CT molecular complexity index is 6230. The second-order valence-electron chi connectivity index (χ2n) is 38.5. The summed E-state index contributed by atoms with van der Waals surface area (Å²) in [5, 5.41) is 8.20. The molecule has 0 saturated carbocycles. The van der Waals surface area contributed by atoms with Crippen molar-refractivity contribution in [3.05, 3.63) is 249 Å². The fraction of sp³-hybridized carbons (Fsp3) is 0.471. The Morgan fingerprint density at radius 2 is 0.897 bits per heavy atom. The highest BCUT2D eigenvalue weighted by Gasteiger charge is 2.45. The summed E-state index contributed by atoms with van der Waals surface area (Å²) in [6.45, 7) is 57.7. The third-order valence-electron chi connectivity index (χ3n) is 26.6. The van der Waals surface area contributed by atoms with Gasteiger partial charge in [-0.05, 0) is 232 Å². The van der Waals surface area contributed by atoms with Crippen LogP contribution in [-0.2, 0) is 91.5 Å². The topological polar surface area (TPSA) is 293 Å². The lowest BCUT2D eigenvalue weighted by Crippen LogP contribution is -2.31. The smallest absolute Gasteiger partial charge is 0.373 e. The van der Waals surface area contributed by atoms with E-state index in [2.05, 4.69) is 323 Å². The lowest BCUT2D eigenvalue weighted by Gasteiger charge is -2.27. The number of sulfonamides is 2. The van der Waals surface area contributed by atoms with Gasteiger partial charge in [0.2, 0.25) is 36.4 Å². The van der Waals surface area contributed by atoms with Crippen LogP contribution in [0.1, 0.15) is 246 Å². The molecule has 26 heteroatoms. The van der Waals surface area contributed by atoms with E-state index in [1.807, 2.05) is 34.6 Å². The van der Waals surface area contributed by atoms with Gasteiger partial charge in [-0.3, -0.25) is 14.4 Å². The quantitative estimate of drug-likeness (QED) is 0.00803. The van der Waals surface area contributed by atoms with Crippen molar-refractivity contribution < 1.29 is 78.0 Å². The lowest BCUT2D eigenvalue weighted by atomic mass is 9.81. The molecule has 0 unspecified atom stereocenters. The number of aryl methyl sites for hydroxylation is 2. The van der Waals surface area contributed by atoms with E-state index in [0.717, 1.165) is 125 Å². The molecule has 794 valence electrons. The van der Waals surface area contributed by atoms with Gasteiger partial charge in [0.25, 0.3) is 0 Å². The van der Waals surface area contributed by atoms with E-state index in [1.165, 1.54) is 144 Å². The Labute approximate surface area is 868 Å². The maximum atomic E-state index is 12.5. The summed E-state index contributed by atoms with van der Waals surface area (Å²) in [7, 11) is -6.41. The molecule has 0 spiro atoms. The van der Waals surface area contributed by atoms with E-state index in [4.69, 9.17) is 42.2 Å². The van der Waals surface area contributed by atoms with Crippen LogP contribution in [0.15, 0.2) is 203 Å². The minimum atomic E-state index is -3.20. The summed E-state index contributed by atoms with van der Waals surface area (Å²) in [6.07, 6.45) is 21.7. The molecule has 6 aliphatic rings. The Hall–Kier alpha value is -11.8. The zero-order chi connectivity index (χ0) is 105. The Morgan fingerprint density at radius 1 is 0.483 bits per heavy atom. The summed E-state index contributed by atoms with van der Waals surface area (Å²) in [5.41, 5.74) is 20.9. The molecule has 24 nitrogen and oxygen atoms in total. The Morgan fingerprint density at radius 3 is 1.32 bits per heavy atom. The summed E-state index contributed by atoms with van der Waals surface area (Å²) in [6, 6.07) is 62.0. The maximum Gasteiger partial charge on any atom is 0.373 e. The number of allylic oxidation sites excluding steroid dienone is 4. The number of benzene rings is 8. The fourth-order valence-corrected chi connectivity index (χ4v) is 18.1. The second kappa shape index (κ2) is 61.0. The summed E-state index contributed by atoms with van der Waals surface area (Å²) in [5.74, 6) is 1.17. The zero-order valence-corrected chi connectivity index (χ0v) is 94.0. The number of fused-ring (bicyclic) bond motifs is 6. The van der Waals surface area contributed by atoms with Crippen LogP contribution in [0.3, 0.4) is 0 Å². The van der Waals surface area contributed by atoms with Crippen LogP contribution < -0.4 is 44.4 Å². The molecule has 2 aliphatic carbocycles. The highest BCUT2D eigenvalue weighted by atomic mass is 32.2. The number of para-hydroxylation sites is 2. The second-order valence-corrected chi connectivity index (χ2v) is 42.2. The SMILES string of the molecule is CCC(C)(C)C(=O)OCCNS(C)(=O)=O.CCC(C)(C)C(=O)OCCNS(C)(=O)=O.CCCCN1C(=CC=CC2=[N+](CCCOC(=O)C(C)(C)CC)c3ccccc3C2(C)C)C(C)(C)c2ccccc21.CCCCc1ccccc1-c1c2ccc(=[N+](CC)CC)cc-2oc2cc(N(CC)CC)ccc12.CCCCc1ccccc1-c1c2ccc(=[N+](CC)CC)cc-2oc2cc(NCC)ccc12.O=C=O.O=C=O.[CH3-].[CH3-].[CH3-]. The molecular formula is C119H170N8O16S2.